The number of aryl methyl sites for hydroxylation is 1. The second-order valence-corrected chi connectivity index (χ2v) is 4.53. The summed E-state index contributed by atoms with van der Waals surface area (Å²) in [6.07, 6.45) is 0.634. The largest absolute Gasteiger partial charge is 0.465 e. The van der Waals surface area contributed by atoms with Crippen LogP contribution in [0.3, 0.4) is 0 Å². The predicted molar refractivity (Wildman–Crippen MR) is 76.5 cm³/mol. The number of hydrogen-bond donors (Lipinski definition) is 2. The third-order valence-corrected chi connectivity index (χ3v) is 2.94. The Kier molecular flexibility index (Phi) is 4.54. The summed E-state index contributed by atoms with van der Waals surface area (Å²) in [5, 5.41) is 9.37. The zero-order valence-electron chi connectivity index (χ0n) is 11.4. The van der Waals surface area contributed by atoms with E-state index >= 15 is 0 Å². The third-order valence-electron chi connectivity index (χ3n) is 2.70. The number of nitrogens with zero attached hydrogens (tertiary/aromatic N) is 2. The van der Waals surface area contributed by atoms with Crippen molar-refractivity contribution in [2.75, 3.05) is 12.4 Å². The number of halogens is 1. The Labute approximate surface area is 125 Å². The van der Waals surface area contributed by atoms with Gasteiger partial charge in [0.2, 0.25) is 5.82 Å². The van der Waals surface area contributed by atoms with Gasteiger partial charge in [-0.25, -0.2) is 9.78 Å². The number of amides is 1. The molecule has 0 radical (unpaired) electrons. The molecule has 21 heavy (non-hydrogen) atoms. The summed E-state index contributed by atoms with van der Waals surface area (Å²) >= 11 is 5.84. The van der Waals surface area contributed by atoms with Gasteiger partial charge < -0.3 is 10.1 Å². The average Bonchev–Trinajstić information content (AvgIpc) is 2.97. The number of aromatic nitrogens is 3. The van der Waals surface area contributed by atoms with Gasteiger partial charge in [-0.3, -0.25) is 9.89 Å². The number of anilines is 1. The Balaban J connectivity index is 2.26. The second-order valence-electron chi connectivity index (χ2n) is 4.09. The van der Waals surface area contributed by atoms with Crippen molar-refractivity contribution in [3.05, 3.63) is 40.4 Å². The van der Waals surface area contributed by atoms with Crippen molar-refractivity contribution in [3.63, 3.8) is 0 Å². The number of benzene rings is 1. The first-order valence-electron chi connectivity index (χ1n) is 6.15. The molecule has 0 bridgehead atoms. The van der Waals surface area contributed by atoms with Crippen LogP contribution in [0.25, 0.3) is 0 Å². The Morgan fingerprint density at radius 2 is 2.19 bits per heavy atom. The average molecular weight is 309 g/mol. The van der Waals surface area contributed by atoms with Crippen molar-refractivity contribution >= 4 is 29.2 Å². The summed E-state index contributed by atoms with van der Waals surface area (Å²) < 4.78 is 4.65. The lowest BCUT2D eigenvalue weighted by atomic mass is 10.1. The van der Waals surface area contributed by atoms with Crippen LogP contribution in [0.2, 0.25) is 5.02 Å². The summed E-state index contributed by atoms with van der Waals surface area (Å²) in [4.78, 5) is 27.8. The summed E-state index contributed by atoms with van der Waals surface area (Å²) in [7, 11) is 1.25. The van der Waals surface area contributed by atoms with Gasteiger partial charge in [-0.1, -0.05) is 18.5 Å². The lowest BCUT2D eigenvalue weighted by molar-refractivity contribution is 0.0602. The first-order chi connectivity index (χ1) is 10.0. The number of esters is 1. The molecule has 0 saturated heterocycles. The molecule has 1 aromatic carbocycles. The minimum atomic E-state index is -0.600. The van der Waals surface area contributed by atoms with E-state index in [-0.39, 0.29) is 17.1 Å². The van der Waals surface area contributed by atoms with Crippen LogP contribution >= 0.6 is 11.6 Å². The summed E-state index contributed by atoms with van der Waals surface area (Å²) in [5.74, 6) is -0.530. The van der Waals surface area contributed by atoms with Gasteiger partial charge in [0, 0.05) is 11.4 Å². The Bertz CT molecular complexity index is 684. The number of rotatable bonds is 4. The monoisotopic (exact) mass is 308 g/mol. The van der Waals surface area contributed by atoms with E-state index < -0.39 is 11.9 Å². The summed E-state index contributed by atoms with van der Waals surface area (Å²) in [6, 6.07) is 4.48. The van der Waals surface area contributed by atoms with Crippen LogP contribution in [0.5, 0.6) is 0 Å². The zero-order chi connectivity index (χ0) is 15.4. The number of nitrogens with one attached hydrogen (secondary N) is 2. The van der Waals surface area contributed by atoms with E-state index in [9.17, 15) is 9.59 Å². The standard InChI is InChI=1S/C13H13ClN4O3/c1-3-10-16-11(18-17-10)12(19)15-9-5-4-7(14)6-8(9)13(20)21-2/h4-6H,3H2,1-2H3,(H,15,19)(H,16,17,18). The number of carbonyl (C=O) groups excluding carboxylic acids is 2. The van der Waals surface area contributed by atoms with Gasteiger partial charge in [0.25, 0.3) is 5.91 Å². The van der Waals surface area contributed by atoms with Crippen molar-refractivity contribution in [1.82, 2.24) is 15.2 Å². The fraction of sp³-hybridized carbons (Fsp3) is 0.231. The third kappa shape index (κ3) is 3.38. The molecular formula is C13H13ClN4O3. The fourth-order valence-electron chi connectivity index (χ4n) is 1.64. The van der Waals surface area contributed by atoms with E-state index in [4.69, 9.17) is 11.6 Å². The highest BCUT2D eigenvalue weighted by atomic mass is 35.5. The highest BCUT2D eigenvalue weighted by Crippen LogP contribution is 2.22. The first-order valence-corrected chi connectivity index (χ1v) is 6.53. The lowest BCUT2D eigenvalue weighted by Gasteiger charge is -2.08. The number of aromatic amines is 1. The van der Waals surface area contributed by atoms with Crippen molar-refractivity contribution < 1.29 is 14.3 Å². The molecule has 110 valence electrons. The molecule has 0 aliphatic heterocycles. The second kappa shape index (κ2) is 6.36. The molecule has 0 atom stereocenters. The van der Waals surface area contributed by atoms with Crippen LogP contribution in [0, 0.1) is 0 Å². The van der Waals surface area contributed by atoms with Crippen molar-refractivity contribution in [1.29, 1.82) is 0 Å². The SMILES string of the molecule is CCc1nc(C(=O)Nc2ccc(Cl)cc2C(=O)OC)n[nH]1. The molecular weight excluding hydrogens is 296 g/mol. The number of methoxy groups -OCH3 is 1. The first kappa shape index (κ1) is 15.0. The maximum Gasteiger partial charge on any atom is 0.340 e. The molecule has 1 amide bonds. The van der Waals surface area contributed by atoms with E-state index in [1.54, 1.807) is 6.07 Å². The smallest absolute Gasteiger partial charge is 0.340 e. The summed E-state index contributed by atoms with van der Waals surface area (Å²) in [6.45, 7) is 1.89. The normalized spacial score (nSPS) is 10.2. The Hall–Kier alpha value is -2.41. The zero-order valence-corrected chi connectivity index (χ0v) is 12.2. The highest BCUT2D eigenvalue weighted by molar-refractivity contribution is 6.31. The van der Waals surface area contributed by atoms with E-state index in [1.807, 2.05) is 6.92 Å². The Morgan fingerprint density at radius 3 is 2.81 bits per heavy atom. The number of ether oxygens (including phenoxy) is 1. The lowest BCUT2D eigenvalue weighted by Crippen LogP contribution is -2.17. The highest BCUT2D eigenvalue weighted by Gasteiger charge is 2.17. The minimum Gasteiger partial charge on any atom is -0.465 e. The molecule has 2 aromatic rings. The van der Waals surface area contributed by atoms with Gasteiger partial charge in [-0.2, -0.15) is 0 Å². The van der Waals surface area contributed by atoms with E-state index in [2.05, 4.69) is 25.2 Å². The van der Waals surface area contributed by atoms with Crippen molar-refractivity contribution in [2.45, 2.75) is 13.3 Å². The van der Waals surface area contributed by atoms with Gasteiger partial charge in [-0.05, 0) is 18.2 Å². The Morgan fingerprint density at radius 1 is 1.43 bits per heavy atom. The minimum absolute atomic E-state index is 0.00221. The molecule has 0 saturated carbocycles. The predicted octanol–water partition coefficient (Wildman–Crippen LogP) is 2.06. The molecule has 0 unspecified atom stereocenters. The molecule has 0 spiro atoms. The summed E-state index contributed by atoms with van der Waals surface area (Å²) in [5.41, 5.74) is 0.434. The molecule has 2 rings (SSSR count). The molecule has 1 heterocycles. The molecule has 0 aliphatic carbocycles. The van der Waals surface area contributed by atoms with Crippen molar-refractivity contribution in [2.24, 2.45) is 0 Å². The van der Waals surface area contributed by atoms with E-state index in [0.717, 1.165) is 0 Å². The van der Waals surface area contributed by atoms with Gasteiger partial charge in [0.05, 0.1) is 18.4 Å². The van der Waals surface area contributed by atoms with Crippen LogP contribution < -0.4 is 5.32 Å². The van der Waals surface area contributed by atoms with Crippen LogP contribution in [-0.4, -0.2) is 34.2 Å². The molecule has 2 N–H and O–H groups in total. The van der Waals surface area contributed by atoms with Gasteiger partial charge in [0.15, 0.2) is 0 Å². The van der Waals surface area contributed by atoms with E-state index in [0.29, 0.717) is 17.3 Å². The van der Waals surface area contributed by atoms with Crippen LogP contribution in [-0.2, 0) is 11.2 Å². The molecule has 7 nitrogen and oxygen atoms in total. The topological polar surface area (TPSA) is 97.0 Å². The molecule has 8 heteroatoms. The number of carbonyl (C=O) groups is 2. The quantitative estimate of drug-likeness (QED) is 0.843. The number of hydrogen-bond acceptors (Lipinski definition) is 5. The fourth-order valence-corrected chi connectivity index (χ4v) is 1.81. The maximum absolute atomic E-state index is 12.1. The number of H-pyrrole nitrogens is 1. The van der Waals surface area contributed by atoms with E-state index in [1.165, 1.54) is 19.2 Å². The van der Waals surface area contributed by atoms with Crippen LogP contribution in [0.1, 0.15) is 33.7 Å². The maximum atomic E-state index is 12.1. The molecule has 0 aliphatic rings. The van der Waals surface area contributed by atoms with Gasteiger partial charge >= 0.3 is 5.97 Å². The van der Waals surface area contributed by atoms with Gasteiger partial charge in [0.1, 0.15) is 5.82 Å². The molecule has 1 aromatic heterocycles. The van der Waals surface area contributed by atoms with Gasteiger partial charge in [-0.15, -0.1) is 5.10 Å². The molecule has 0 fully saturated rings. The van der Waals surface area contributed by atoms with Crippen LogP contribution in [0.4, 0.5) is 5.69 Å². The van der Waals surface area contributed by atoms with Crippen LogP contribution in [0.15, 0.2) is 18.2 Å². The van der Waals surface area contributed by atoms with Crippen molar-refractivity contribution in [3.8, 4) is 0 Å².